The van der Waals surface area contributed by atoms with Crippen LogP contribution in [-0.2, 0) is 0 Å². The smallest absolute Gasteiger partial charge is 0.270 e. The topological polar surface area (TPSA) is 53.2 Å². The number of amides is 1. The Morgan fingerprint density at radius 1 is 1.22 bits per heavy atom. The number of aryl methyl sites for hydroxylation is 1. The molecule has 1 aromatic carbocycles. The van der Waals surface area contributed by atoms with Gasteiger partial charge in [-0.25, -0.2) is 0 Å². The number of fused-ring (bicyclic) bond motifs is 1. The summed E-state index contributed by atoms with van der Waals surface area (Å²) in [5, 5.41) is 0.591. The highest BCUT2D eigenvalue weighted by Crippen LogP contribution is 2.27. The van der Waals surface area contributed by atoms with Crippen molar-refractivity contribution in [2.24, 2.45) is 0 Å². The van der Waals surface area contributed by atoms with E-state index in [4.69, 9.17) is 0 Å². The molecule has 4 nitrogen and oxygen atoms in total. The standard InChI is InChI=1S/C18H18N2O2S/c1-11-8-9-17(23-11)12(2)20(3)18(22)15-10-16(21)13-6-4-5-7-14(13)19-15/h4-10,12H,1-3H3,(H,19,21). The SMILES string of the molecule is Cc1ccc(C(C)N(C)C(=O)c2cc(=O)c3ccccc3[nH]2)s1. The quantitative estimate of drug-likeness (QED) is 0.797. The Kier molecular flexibility index (Phi) is 4.05. The van der Waals surface area contributed by atoms with Crippen LogP contribution in [0.15, 0.2) is 47.3 Å². The number of para-hydroxylation sites is 1. The number of thiophene rings is 1. The number of hydrogen-bond acceptors (Lipinski definition) is 3. The molecular weight excluding hydrogens is 308 g/mol. The third-order valence-electron chi connectivity index (χ3n) is 4.04. The Morgan fingerprint density at radius 2 is 1.96 bits per heavy atom. The van der Waals surface area contributed by atoms with Crippen molar-refractivity contribution in [2.45, 2.75) is 19.9 Å². The van der Waals surface area contributed by atoms with Crippen LogP contribution in [0.4, 0.5) is 0 Å². The van der Waals surface area contributed by atoms with Gasteiger partial charge in [0.25, 0.3) is 5.91 Å². The third-order valence-corrected chi connectivity index (χ3v) is 5.21. The lowest BCUT2D eigenvalue weighted by Gasteiger charge is -2.24. The molecule has 1 unspecified atom stereocenters. The first-order valence-electron chi connectivity index (χ1n) is 7.43. The summed E-state index contributed by atoms with van der Waals surface area (Å²) in [4.78, 5) is 32.0. The molecule has 5 heteroatoms. The normalized spacial score (nSPS) is 12.3. The van der Waals surface area contributed by atoms with Gasteiger partial charge in [-0.2, -0.15) is 0 Å². The molecule has 0 saturated carbocycles. The number of carbonyl (C=O) groups is 1. The summed E-state index contributed by atoms with van der Waals surface area (Å²) in [5.41, 5.74) is 0.850. The second kappa shape index (κ2) is 6.01. The molecule has 0 fully saturated rings. The molecule has 0 radical (unpaired) electrons. The zero-order valence-corrected chi connectivity index (χ0v) is 14.1. The van der Waals surface area contributed by atoms with Crippen LogP contribution in [0.3, 0.4) is 0 Å². The van der Waals surface area contributed by atoms with Gasteiger partial charge in [0, 0.05) is 33.8 Å². The second-order valence-corrected chi connectivity index (χ2v) is 6.95. The molecule has 118 valence electrons. The Morgan fingerprint density at radius 3 is 2.65 bits per heavy atom. The predicted octanol–water partition coefficient (Wildman–Crippen LogP) is 3.73. The zero-order valence-electron chi connectivity index (χ0n) is 13.3. The molecule has 0 spiro atoms. The lowest BCUT2D eigenvalue weighted by atomic mass is 10.1. The number of carbonyl (C=O) groups excluding carboxylic acids is 1. The number of nitrogens with one attached hydrogen (secondary N) is 1. The molecule has 1 N–H and O–H groups in total. The number of aromatic nitrogens is 1. The highest BCUT2D eigenvalue weighted by molar-refractivity contribution is 7.12. The first kappa shape index (κ1) is 15.5. The fourth-order valence-corrected chi connectivity index (χ4v) is 3.52. The number of nitrogens with zero attached hydrogens (tertiary/aromatic N) is 1. The number of aromatic amines is 1. The highest BCUT2D eigenvalue weighted by atomic mass is 32.1. The van der Waals surface area contributed by atoms with Gasteiger partial charge in [0.2, 0.25) is 0 Å². The van der Waals surface area contributed by atoms with Crippen LogP contribution < -0.4 is 5.43 Å². The maximum Gasteiger partial charge on any atom is 0.270 e. The molecule has 0 aliphatic heterocycles. The summed E-state index contributed by atoms with van der Waals surface area (Å²) >= 11 is 1.68. The van der Waals surface area contributed by atoms with Crippen LogP contribution in [0.25, 0.3) is 10.9 Å². The molecule has 1 atom stereocenters. The molecule has 3 aromatic rings. The van der Waals surface area contributed by atoms with E-state index in [1.54, 1.807) is 35.4 Å². The lowest BCUT2D eigenvalue weighted by molar-refractivity contribution is 0.0739. The summed E-state index contributed by atoms with van der Waals surface area (Å²) in [6.07, 6.45) is 0. The van der Waals surface area contributed by atoms with E-state index in [2.05, 4.69) is 4.98 Å². The maximum atomic E-state index is 12.7. The third kappa shape index (κ3) is 2.92. The molecule has 2 aromatic heterocycles. The van der Waals surface area contributed by atoms with E-state index < -0.39 is 0 Å². The van der Waals surface area contributed by atoms with Gasteiger partial charge in [-0.3, -0.25) is 9.59 Å². The van der Waals surface area contributed by atoms with E-state index in [0.29, 0.717) is 16.6 Å². The van der Waals surface area contributed by atoms with E-state index in [1.165, 1.54) is 10.9 Å². The van der Waals surface area contributed by atoms with E-state index in [0.717, 1.165) is 4.88 Å². The van der Waals surface area contributed by atoms with Gasteiger partial charge in [0.05, 0.1) is 6.04 Å². The van der Waals surface area contributed by atoms with Gasteiger partial charge < -0.3 is 9.88 Å². The van der Waals surface area contributed by atoms with Gasteiger partial charge in [0.1, 0.15) is 5.69 Å². The van der Waals surface area contributed by atoms with Crippen molar-refractivity contribution >= 4 is 28.1 Å². The molecule has 0 saturated heterocycles. The van der Waals surface area contributed by atoms with Crippen molar-refractivity contribution in [1.82, 2.24) is 9.88 Å². The van der Waals surface area contributed by atoms with Crippen LogP contribution in [0, 0.1) is 6.92 Å². The van der Waals surface area contributed by atoms with Crippen molar-refractivity contribution in [3.05, 3.63) is 68.1 Å². The first-order chi connectivity index (χ1) is 11.0. The molecular formula is C18H18N2O2S. The average molecular weight is 326 g/mol. The molecule has 0 bridgehead atoms. The second-order valence-electron chi connectivity index (χ2n) is 5.63. The molecule has 3 rings (SSSR count). The Balaban J connectivity index is 1.95. The molecule has 0 aliphatic carbocycles. The number of hydrogen-bond donors (Lipinski definition) is 1. The van der Waals surface area contributed by atoms with Crippen molar-refractivity contribution in [3.63, 3.8) is 0 Å². The van der Waals surface area contributed by atoms with Crippen molar-refractivity contribution in [2.75, 3.05) is 7.05 Å². The van der Waals surface area contributed by atoms with Gasteiger partial charge in [0.15, 0.2) is 5.43 Å². The van der Waals surface area contributed by atoms with E-state index in [1.807, 2.05) is 38.1 Å². The number of pyridine rings is 1. The Bertz CT molecular complexity index is 926. The summed E-state index contributed by atoms with van der Waals surface area (Å²) in [6, 6.07) is 12.6. The van der Waals surface area contributed by atoms with E-state index in [9.17, 15) is 9.59 Å². The predicted molar refractivity (Wildman–Crippen MR) is 94.1 cm³/mol. The van der Waals surface area contributed by atoms with Gasteiger partial charge in [-0.1, -0.05) is 12.1 Å². The van der Waals surface area contributed by atoms with Crippen LogP contribution in [0.1, 0.15) is 33.2 Å². The number of benzene rings is 1. The van der Waals surface area contributed by atoms with Crippen LogP contribution >= 0.6 is 11.3 Å². The monoisotopic (exact) mass is 326 g/mol. The minimum Gasteiger partial charge on any atom is -0.350 e. The molecule has 0 aliphatic rings. The van der Waals surface area contributed by atoms with Gasteiger partial charge in [-0.15, -0.1) is 11.3 Å². The fourth-order valence-electron chi connectivity index (χ4n) is 2.55. The van der Waals surface area contributed by atoms with Crippen LogP contribution in [-0.4, -0.2) is 22.8 Å². The van der Waals surface area contributed by atoms with Crippen molar-refractivity contribution in [1.29, 1.82) is 0 Å². The molecule has 1 amide bonds. The van der Waals surface area contributed by atoms with E-state index >= 15 is 0 Å². The number of H-pyrrole nitrogens is 1. The minimum atomic E-state index is -0.189. The summed E-state index contributed by atoms with van der Waals surface area (Å²) < 4.78 is 0. The van der Waals surface area contributed by atoms with E-state index in [-0.39, 0.29) is 17.4 Å². The zero-order chi connectivity index (χ0) is 16.6. The first-order valence-corrected chi connectivity index (χ1v) is 8.24. The highest BCUT2D eigenvalue weighted by Gasteiger charge is 2.21. The van der Waals surface area contributed by atoms with Crippen LogP contribution in [0.2, 0.25) is 0 Å². The summed E-state index contributed by atoms with van der Waals surface area (Å²) in [6.45, 7) is 4.03. The Labute approximate surface area is 138 Å². The fraction of sp³-hybridized carbons (Fsp3) is 0.222. The summed E-state index contributed by atoms with van der Waals surface area (Å²) in [5.74, 6) is -0.189. The molecule has 2 heterocycles. The Hall–Kier alpha value is -2.40. The van der Waals surface area contributed by atoms with Crippen molar-refractivity contribution in [3.8, 4) is 0 Å². The van der Waals surface area contributed by atoms with Gasteiger partial charge >= 0.3 is 0 Å². The van der Waals surface area contributed by atoms with Gasteiger partial charge in [-0.05, 0) is 38.1 Å². The summed E-state index contributed by atoms with van der Waals surface area (Å²) in [7, 11) is 1.76. The van der Waals surface area contributed by atoms with Crippen LogP contribution in [0.5, 0.6) is 0 Å². The molecule has 23 heavy (non-hydrogen) atoms. The average Bonchev–Trinajstić information content (AvgIpc) is 2.99. The minimum absolute atomic E-state index is 0.0452. The largest absolute Gasteiger partial charge is 0.350 e. The van der Waals surface area contributed by atoms with Crippen molar-refractivity contribution < 1.29 is 4.79 Å². The maximum absolute atomic E-state index is 12.7. The lowest BCUT2D eigenvalue weighted by Crippen LogP contribution is -2.30. The number of rotatable bonds is 3.